The van der Waals surface area contributed by atoms with E-state index in [0.29, 0.717) is 11.8 Å². The molecule has 2 bridgehead atoms. The molecular weight excluding hydrogens is 673 g/mol. The SMILES string of the molecule is Cc1ccc(-c2nc([P+](c3ccccc3)(c3ccccc3)c3ccccc3)c(N3CC4C[C@@H](C3)c3cccc(=O)n3C4)o2)cc1.[O-][Cl+3]([O-])([O-])[O-]. The number of pyridine rings is 1. The summed E-state index contributed by atoms with van der Waals surface area (Å²) in [6, 6.07) is 46.8. The number of piperidine rings is 1. The molecule has 2 aromatic heterocycles. The molecular formula is C39H35ClN3O6P. The molecule has 11 heteroatoms. The molecule has 6 aromatic rings. The number of nitrogens with zero attached hydrogens (tertiary/aromatic N) is 3. The summed E-state index contributed by atoms with van der Waals surface area (Å²) in [6.07, 6.45) is 1.07. The molecule has 9 nitrogen and oxygen atoms in total. The number of hydrogen-bond acceptors (Lipinski definition) is 8. The van der Waals surface area contributed by atoms with Crippen molar-refractivity contribution >= 4 is 34.5 Å². The van der Waals surface area contributed by atoms with E-state index in [-0.39, 0.29) is 11.5 Å². The standard InChI is InChI=1S/C39H35N3O2P.ClHO4/c1-28-20-22-30(23-21-28)37-40-38(39(44-37)41-25-29-24-31(27-41)35-18-11-19-36(43)42(35)26-29)45(32-12-5-2-6-13-32,33-14-7-3-8-15-33)34-16-9-4-10-17-34;2-1(3,4)5/h2-23,29,31H,24-27H2,1H3;(H,2,3,4,5)/q+1;/p-1/t29?,31-;/m0./s1. The van der Waals surface area contributed by atoms with E-state index in [1.165, 1.54) is 21.5 Å². The van der Waals surface area contributed by atoms with Gasteiger partial charge in [0.2, 0.25) is 5.89 Å². The predicted octanol–water partition coefficient (Wildman–Crippen LogP) is 1.30. The number of halogens is 1. The summed E-state index contributed by atoms with van der Waals surface area (Å²) < 4.78 is 43.0. The Labute approximate surface area is 292 Å². The van der Waals surface area contributed by atoms with Gasteiger partial charge in [-0.25, -0.2) is 18.6 Å². The van der Waals surface area contributed by atoms with Crippen molar-refractivity contribution in [2.45, 2.75) is 25.8 Å². The highest BCUT2D eigenvalue weighted by Crippen LogP contribution is 2.56. The van der Waals surface area contributed by atoms with Crippen LogP contribution in [0, 0.1) is 23.1 Å². The Balaban J connectivity index is 0.000000734. The van der Waals surface area contributed by atoms with Crippen LogP contribution in [0.4, 0.5) is 5.88 Å². The molecule has 2 atom stereocenters. The van der Waals surface area contributed by atoms with Gasteiger partial charge in [-0.05, 0) is 73.9 Å². The summed E-state index contributed by atoms with van der Waals surface area (Å²) in [5.41, 5.74) is 4.38. The quantitative estimate of drug-likeness (QED) is 0.236. The molecule has 1 fully saturated rings. The van der Waals surface area contributed by atoms with Crippen LogP contribution in [0.1, 0.15) is 23.6 Å². The topological polar surface area (TPSA) is 144 Å². The second-order valence-electron chi connectivity index (χ2n) is 12.7. The predicted molar refractivity (Wildman–Crippen MR) is 185 cm³/mol. The van der Waals surface area contributed by atoms with Crippen molar-refractivity contribution in [1.29, 1.82) is 0 Å². The average molecular weight is 708 g/mol. The number of aryl methyl sites for hydroxylation is 1. The Morgan fingerprint density at radius 2 is 1.24 bits per heavy atom. The summed E-state index contributed by atoms with van der Waals surface area (Å²) >= 11 is 0. The third-order valence-corrected chi connectivity index (χ3v) is 13.6. The van der Waals surface area contributed by atoms with Gasteiger partial charge in [0.15, 0.2) is 7.26 Å². The van der Waals surface area contributed by atoms with Gasteiger partial charge in [0, 0.05) is 42.9 Å². The van der Waals surface area contributed by atoms with Gasteiger partial charge in [-0.2, -0.15) is 4.98 Å². The summed E-state index contributed by atoms with van der Waals surface area (Å²) in [5, 5.41) is 3.71. The van der Waals surface area contributed by atoms with Crippen LogP contribution in [0.2, 0.25) is 0 Å². The lowest BCUT2D eigenvalue weighted by molar-refractivity contribution is -2.00. The molecule has 0 aliphatic carbocycles. The summed E-state index contributed by atoms with van der Waals surface area (Å²) in [6.45, 7) is 4.41. The minimum Gasteiger partial charge on any atom is -0.416 e. The lowest BCUT2D eigenvalue weighted by Crippen LogP contribution is -2.68. The molecule has 2 aliphatic heterocycles. The number of anilines is 1. The molecule has 1 saturated heterocycles. The molecule has 254 valence electrons. The van der Waals surface area contributed by atoms with E-state index >= 15 is 0 Å². The van der Waals surface area contributed by atoms with Gasteiger partial charge < -0.3 is 13.9 Å². The van der Waals surface area contributed by atoms with Crippen molar-refractivity contribution in [3.8, 4) is 11.5 Å². The maximum atomic E-state index is 12.8. The maximum absolute atomic E-state index is 12.8. The van der Waals surface area contributed by atoms with Gasteiger partial charge in [0.05, 0.1) is 0 Å². The third-order valence-electron chi connectivity index (χ3n) is 9.41. The van der Waals surface area contributed by atoms with E-state index in [0.717, 1.165) is 48.6 Å². The molecule has 0 radical (unpaired) electrons. The van der Waals surface area contributed by atoms with Crippen molar-refractivity contribution in [1.82, 2.24) is 9.55 Å². The number of rotatable bonds is 6. The van der Waals surface area contributed by atoms with E-state index in [1.54, 1.807) is 6.07 Å². The van der Waals surface area contributed by atoms with Crippen molar-refractivity contribution in [3.63, 3.8) is 0 Å². The first kappa shape index (κ1) is 33.9. The third kappa shape index (κ3) is 6.76. The van der Waals surface area contributed by atoms with Crippen molar-refractivity contribution in [3.05, 3.63) is 155 Å². The number of aromatic nitrogens is 2. The Morgan fingerprint density at radius 3 is 1.78 bits per heavy atom. The van der Waals surface area contributed by atoms with E-state index in [2.05, 4.69) is 133 Å². The molecule has 4 heterocycles. The molecule has 0 spiro atoms. The molecule has 8 rings (SSSR count). The largest absolute Gasteiger partial charge is 0.416 e. The first-order chi connectivity index (χ1) is 24.1. The fourth-order valence-electron chi connectivity index (χ4n) is 7.38. The second kappa shape index (κ2) is 14.0. The second-order valence-corrected chi connectivity index (χ2v) is 16.7. The number of fused-ring (bicyclic) bond motifs is 4. The van der Waals surface area contributed by atoms with Crippen LogP contribution < -0.4 is 50.4 Å². The van der Waals surface area contributed by atoms with Crippen molar-refractivity contribution in [2.24, 2.45) is 5.92 Å². The van der Waals surface area contributed by atoms with Crippen molar-refractivity contribution in [2.75, 3.05) is 18.0 Å². The zero-order valence-electron chi connectivity index (χ0n) is 27.3. The molecule has 1 unspecified atom stereocenters. The van der Waals surface area contributed by atoms with Gasteiger partial charge in [0.1, 0.15) is 15.9 Å². The molecule has 4 aromatic carbocycles. The number of hydrogen-bond donors (Lipinski definition) is 0. The normalized spacial score (nSPS) is 17.0. The van der Waals surface area contributed by atoms with Crippen LogP contribution >= 0.6 is 7.26 Å². The van der Waals surface area contributed by atoms with E-state index < -0.39 is 17.5 Å². The van der Waals surface area contributed by atoms with Crippen LogP contribution in [0.15, 0.2) is 143 Å². The molecule has 50 heavy (non-hydrogen) atoms. The Bertz CT molecular complexity index is 2020. The van der Waals surface area contributed by atoms with Crippen molar-refractivity contribution < 1.29 is 33.3 Å². The minimum atomic E-state index is -4.94. The smallest absolute Gasteiger partial charge is 0.262 e. The monoisotopic (exact) mass is 707 g/mol. The van der Waals surface area contributed by atoms with Crippen LogP contribution in [-0.4, -0.2) is 22.6 Å². The number of oxazole rings is 1. The summed E-state index contributed by atoms with van der Waals surface area (Å²) in [5.74, 6) is 2.07. The molecule has 2 aliphatic rings. The molecule has 0 N–H and O–H groups in total. The lowest BCUT2D eigenvalue weighted by Gasteiger charge is -2.42. The van der Waals surface area contributed by atoms with E-state index in [9.17, 15) is 4.79 Å². The van der Waals surface area contributed by atoms with Gasteiger partial charge in [-0.1, -0.05) is 78.4 Å². The van der Waals surface area contributed by atoms with Crippen LogP contribution in [0.5, 0.6) is 0 Å². The Hall–Kier alpha value is -4.60. The maximum Gasteiger partial charge on any atom is 0.262 e. The fraction of sp³-hybridized carbons (Fsp3) is 0.179. The Kier molecular flexibility index (Phi) is 9.46. The minimum absolute atomic E-state index is 0.0971. The molecule has 0 amide bonds. The van der Waals surface area contributed by atoms with Gasteiger partial charge in [0.25, 0.3) is 16.9 Å². The van der Waals surface area contributed by atoms with Crippen LogP contribution in [0.25, 0.3) is 11.5 Å². The van der Waals surface area contributed by atoms with Gasteiger partial charge in [-0.3, -0.25) is 4.79 Å². The van der Waals surface area contributed by atoms with E-state index in [4.69, 9.17) is 28.0 Å². The highest BCUT2D eigenvalue weighted by molar-refractivity contribution is 8.01. The zero-order chi connectivity index (χ0) is 34.9. The first-order valence-corrected chi connectivity index (χ1v) is 19.3. The lowest BCUT2D eigenvalue weighted by atomic mass is 9.83. The van der Waals surface area contributed by atoms with Gasteiger partial charge in [-0.15, -0.1) is 10.2 Å². The summed E-state index contributed by atoms with van der Waals surface area (Å²) in [7, 11) is -7.47. The zero-order valence-corrected chi connectivity index (χ0v) is 29.0. The van der Waals surface area contributed by atoms with Crippen LogP contribution in [0.3, 0.4) is 0 Å². The highest BCUT2D eigenvalue weighted by Gasteiger charge is 2.54. The molecule has 0 saturated carbocycles. The average Bonchev–Trinajstić information content (AvgIpc) is 3.56. The van der Waals surface area contributed by atoms with Crippen LogP contribution in [-0.2, 0) is 6.54 Å². The summed E-state index contributed by atoms with van der Waals surface area (Å²) in [4.78, 5) is 20.8. The highest BCUT2D eigenvalue weighted by atomic mass is 35.7. The first-order valence-electron chi connectivity index (χ1n) is 16.3. The van der Waals surface area contributed by atoms with Gasteiger partial charge >= 0.3 is 0 Å². The number of benzene rings is 4. The fourth-order valence-corrected chi connectivity index (χ4v) is 11.6. The Morgan fingerprint density at radius 1 is 0.700 bits per heavy atom. The van der Waals surface area contributed by atoms with E-state index in [1.807, 2.05) is 10.6 Å².